The molecule has 0 spiro atoms. The van der Waals surface area contributed by atoms with Crippen LogP contribution in [0.15, 0.2) is 11.6 Å². The molecule has 0 radical (unpaired) electrons. The van der Waals surface area contributed by atoms with Crippen LogP contribution in [0.4, 0.5) is 0 Å². The van der Waals surface area contributed by atoms with Crippen molar-refractivity contribution in [1.29, 1.82) is 0 Å². The van der Waals surface area contributed by atoms with Crippen LogP contribution in [-0.2, 0) is 23.7 Å². The van der Waals surface area contributed by atoms with Gasteiger partial charge in [0.05, 0.1) is 30.8 Å². The topological polar surface area (TPSA) is 216 Å². The molecule has 0 aromatic heterocycles. The Labute approximate surface area is 300 Å². The molecular formula is C38H62O13. The van der Waals surface area contributed by atoms with Crippen LogP contribution in [-0.4, -0.2) is 128 Å². The molecule has 292 valence electrons. The molecule has 6 aliphatic rings. The van der Waals surface area contributed by atoms with Crippen molar-refractivity contribution in [3.63, 3.8) is 0 Å². The molecule has 5 fully saturated rings. The smallest absolute Gasteiger partial charge is 0.314 e. The third-order valence-corrected chi connectivity index (χ3v) is 14.1. The predicted molar refractivity (Wildman–Crippen MR) is 182 cm³/mol. The van der Waals surface area contributed by atoms with E-state index in [1.807, 2.05) is 0 Å². The number of hydrogen-bond acceptors (Lipinski definition) is 12. The van der Waals surface area contributed by atoms with Crippen LogP contribution in [0.3, 0.4) is 0 Å². The summed E-state index contributed by atoms with van der Waals surface area (Å²) in [4.78, 5) is 13.4. The highest BCUT2D eigenvalue weighted by Gasteiger charge is 2.65. The van der Waals surface area contributed by atoms with Gasteiger partial charge < -0.3 is 59.8 Å². The molecule has 13 nitrogen and oxygen atoms in total. The zero-order chi connectivity index (χ0) is 37.0. The summed E-state index contributed by atoms with van der Waals surface area (Å²) >= 11 is 0. The molecule has 3 saturated carbocycles. The highest BCUT2D eigenvalue weighted by atomic mass is 16.7. The van der Waals surface area contributed by atoms with Gasteiger partial charge in [0.15, 0.2) is 12.6 Å². The zero-order valence-corrected chi connectivity index (χ0v) is 30.5. The standard InChI is InChI=1S/C38H62O13/c1-18(2)6-5-7-19(3)22-8-9-23-28-24(11-12-37(22,23)4)38(36(46)47)13-10-21(14-20(38)15-25(28)41)48-35-32(45)33(30(43)27(17-40)50-35)51-34-31(44)29(42)26(16-39)49-34/h15,18-19,21-35,39-45H,5-14,16-17H2,1-4H3,(H,46,47). The summed E-state index contributed by atoms with van der Waals surface area (Å²) in [6.45, 7) is 8.07. The molecule has 18 atom stereocenters. The quantitative estimate of drug-likeness (QED) is 0.135. The summed E-state index contributed by atoms with van der Waals surface area (Å²) in [5.41, 5.74) is -0.445. The van der Waals surface area contributed by atoms with Crippen molar-refractivity contribution in [2.75, 3.05) is 13.2 Å². The molecule has 8 N–H and O–H groups in total. The van der Waals surface area contributed by atoms with Crippen LogP contribution in [0.1, 0.15) is 91.9 Å². The van der Waals surface area contributed by atoms with Gasteiger partial charge in [-0.3, -0.25) is 4.79 Å². The van der Waals surface area contributed by atoms with Gasteiger partial charge in [-0.1, -0.05) is 58.6 Å². The Morgan fingerprint density at radius 1 is 0.843 bits per heavy atom. The summed E-state index contributed by atoms with van der Waals surface area (Å²) in [6.07, 6.45) is -4.28. The van der Waals surface area contributed by atoms with Gasteiger partial charge in [0.1, 0.15) is 42.7 Å². The van der Waals surface area contributed by atoms with Gasteiger partial charge in [0.25, 0.3) is 0 Å². The largest absolute Gasteiger partial charge is 0.481 e. The Kier molecular flexibility index (Phi) is 12.0. The van der Waals surface area contributed by atoms with Gasteiger partial charge in [-0.05, 0) is 85.9 Å². The minimum atomic E-state index is -1.62. The second-order valence-electron chi connectivity index (χ2n) is 17.3. The molecule has 18 unspecified atom stereocenters. The van der Waals surface area contributed by atoms with Gasteiger partial charge in [-0.15, -0.1) is 0 Å². The molecule has 4 aliphatic carbocycles. The van der Waals surface area contributed by atoms with Crippen molar-refractivity contribution in [2.24, 2.45) is 46.3 Å². The first-order chi connectivity index (χ1) is 24.2. The molecule has 6 rings (SSSR count). The molecule has 2 saturated heterocycles. The Hall–Kier alpha value is -1.23. The first-order valence-electron chi connectivity index (χ1n) is 19.4. The SMILES string of the molecule is CC(C)CCCC(C)C1CCC2C3C(O)C=C4CC(OC5OC(CO)C(O)C(OC6OC(CO)C(O)C6O)C5O)CCC4(C(=O)O)C3CCC12C. The van der Waals surface area contributed by atoms with Crippen LogP contribution in [0.25, 0.3) is 0 Å². The zero-order valence-electron chi connectivity index (χ0n) is 30.5. The lowest BCUT2D eigenvalue weighted by Crippen LogP contribution is -2.62. The molecular weight excluding hydrogens is 664 g/mol. The van der Waals surface area contributed by atoms with Crippen molar-refractivity contribution in [3.05, 3.63) is 11.6 Å². The molecule has 13 heteroatoms. The highest BCUT2D eigenvalue weighted by Crippen LogP contribution is 2.67. The molecule has 2 aliphatic heterocycles. The number of aliphatic carboxylic acids is 1. The minimum Gasteiger partial charge on any atom is -0.481 e. The maximum Gasteiger partial charge on any atom is 0.314 e. The number of hydrogen-bond donors (Lipinski definition) is 8. The van der Waals surface area contributed by atoms with Crippen LogP contribution in [0.5, 0.6) is 0 Å². The van der Waals surface area contributed by atoms with E-state index < -0.39 is 92.1 Å². The third kappa shape index (κ3) is 6.96. The normalized spacial score (nSPS) is 48.9. The average Bonchev–Trinajstić information content (AvgIpc) is 3.58. The van der Waals surface area contributed by atoms with Crippen molar-refractivity contribution in [3.8, 4) is 0 Å². The summed E-state index contributed by atoms with van der Waals surface area (Å²) in [7, 11) is 0. The number of carbonyl (C=O) groups is 1. The number of ether oxygens (including phenoxy) is 4. The number of aliphatic hydroxyl groups excluding tert-OH is 7. The molecule has 51 heavy (non-hydrogen) atoms. The summed E-state index contributed by atoms with van der Waals surface area (Å²) in [6, 6.07) is 0. The van der Waals surface area contributed by atoms with E-state index in [2.05, 4.69) is 27.7 Å². The van der Waals surface area contributed by atoms with Crippen molar-refractivity contribution < 1.29 is 64.6 Å². The van der Waals surface area contributed by atoms with Crippen molar-refractivity contribution >= 4 is 5.97 Å². The fourth-order valence-corrected chi connectivity index (χ4v) is 11.5. The van der Waals surface area contributed by atoms with Crippen LogP contribution >= 0.6 is 0 Å². The first-order valence-corrected chi connectivity index (χ1v) is 19.4. The molecule has 0 aromatic rings. The van der Waals surface area contributed by atoms with E-state index in [1.54, 1.807) is 6.08 Å². The van der Waals surface area contributed by atoms with Gasteiger partial charge >= 0.3 is 5.97 Å². The van der Waals surface area contributed by atoms with Gasteiger partial charge in [0, 0.05) is 0 Å². The Morgan fingerprint density at radius 3 is 2.14 bits per heavy atom. The maximum atomic E-state index is 13.4. The predicted octanol–water partition coefficient (Wildman–Crippen LogP) is 1.71. The lowest BCUT2D eigenvalue weighted by atomic mass is 9.45. The van der Waals surface area contributed by atoms with Crippen LogP contribution in [0.2, 0.25) is 0 Å². The summed E-state index contributed by atoms with van der Waals surface area (Å²) < 4.78 is 23.1. The van der Waals surface area contributed by atoms with E-state index in [1.165, 1.54) is 19.3 Å². The monoisotopic (exact) mass is 726 g/mol. The molecule has 0 amide bonds. The van der Waals surface area contributed by atoms with E-state index in [9.17, 15) is 45.6 Å². The Bertz CT molecular complexity index is 1250. The number of carboxylic acid groups (broad SMARTS) is 1. The highest BCUT2D eigenvalue weighted by molar-refractivity contribution is 5.80. The lowest BCUT2D eigenvalue weighted by Gasteiger charge is -2.59. The fraction of sp³-hybridized carbons (Fsp3) is 0.921. The second kappa shape index (κ2) is 15.5. The maximum absolute atomic E-state index is 13.4. The Morgan fingerprint density at radius 2 is 1.51 bits per heavy atom. The average molecular weight is 727 g/mol. The number of fused-ring (bicyclic) bond motifs is 5. The van der Waals surface area contributed by atoms with Crippen LogP contribution < -0.4 is 0 Å². The van der Waals surface area contributed by atoms with Gasteiger partial charge in [-0.2, -0.15) is 0 Å². The van der Waals surface area contributed by atoms with Crippen LogP contribution in [0, 0.1) is 46.3 Å². The molecule has 0 bridgehead atoms. The van der Waals surface area contributed by atoms with Gasteiger partial charge in [0.2, 0.25) is 0 Å². The summed E-state index contributed by atoms with van der Waals surface area (Å²) in [5, 5.41) is 84.8. The number of carboxylic acids is 1. The van der Waals surface area contributed by atoms with Crippen molar-refractivity contribution in [1.82, 2.24) is 0 Å². The third-order valence-electron chi connectivity index (χ3n) is 14.1. The number of rotatable bonds is 12. The van der Waals surface area contributed by atoms with Gasteiger partial charge in [-0.25, -0.2) is 0 Å². The van der Waals surface area contributed by atoms with E-state index >= 15 is 0 Å². The minimum absolute atomic E-state index is 0.0578. The lowest BCUT2D eigenvalue weighted by molar-refractivity contribution is -0.338. The summed E-state index contributed by atoms with van der Waals surface area (Å²) in [5.74, 6) is 0.838. The van der Waals surface area contributed by atoms with E-state index in [0.717, 1.165) is 25.7 Å². The number of aliphatic hydroxyl groups is 7. The van der Waals surface area contributed by atoms with Crippen molar-refractivity contribution in [2.45, 2.75) is 159 Å². The molecule has 0 aromatic carbocycles. The first kappa shape index (κ1) is 39.5. The Balaban J connectivity index is 1.17. The fourth-order valence-electron chi connectivity index (χ4n) is 11.5. The van der Waals surface area contributed by atoms with E-state index in [4.69, 9.17) is 18.9 Å². The van der Waals surface area contributed by atoms with E-state index in [-0.39, 0.29) is 29.6 Å². The van der Waals surface area contributed by atoms with E-state index in [0.29, 0.717) is 36.2 Å². The molecule has 2 heterocycles. The second-order valence-corrected chi connectivity index (χ2v) is 17.3.